The molecule has 108 valence electrons. The SMILES string of the molecule is CC(C)(C)OC(=O)N1C(=O)C(C)(C)c2ccc(F)cc21. The number of nitrogens with zero attached hydrogens (tertiary/aromatic N) is 1. The summed E-state index contributed by atoms with van der Waals surface area (Å²) >= 11 is 0. The van der Waals surface area contributed by atoms with Gasteiger partial charge in [-0.3, -0.25) is 4.79 Å². The average molecular weight is 279 g/mol. The van der Waals surface area contributed by atoms with E-state index in [1.54, 1.807) is 34.6 Å². The molecule has 0 bridgehead atoms. The Morgan fingerprint density at radius 3 is 2.45 bits per heavy atom. The number of halogens is 1. The summed E-state index contributed by atoms with van der Waals surface area (Å²) < 4.78 is 18.7. The fraction of sp³-hybridized carbons (Fsp3) is 0.467. The molecular formula is C15H18FNO3. The fourth-order valence-corrected chi connectivity index (χ4v) is 2.21. The maximum absolute atomic E-state index is 13.4. The molecule has 5 heteroatoms. The molecule has 0 saturated carbocycles. The lowest BCUT2D eigenvalue weighted by atomic mass is 9.86. The number of ether oxygens (including phenoxy) is 1. The third-order valence-corrected chi connectivity index (χ3v) is 3.19. The van der Waals surface area contributed by atoms with Crippen LogP contribution in [0, 0.1) is 5.82 Å². The lowest BCUT2D eigenvalue weighted by Crippen LogP contribution is -2.43. The standard InChI is InChI=1S/C15H18FNO3/c1-14(2,3)20-13(19)17-11-8-9(16)6-7-10(11)15(4,5)12(17)18/h6-8H,1-5H3. The molecule has 2 rings (SSSR count). The van der Waals surface area contributed by atoms with Gasteiger partial charge in [-0.2, -0.15) is 0 Å². The van der Waals surface area contributed by atoms with Gasteiger partial charge in [-0.25, -0.2) is 14.1 Å². The Hall–Kier alpha value is -1.91. The molecule has 1 aliphatic heterocycles. The monoisotopic (exact) mass is 279 g/mol. The first-order valence-electron chi connectivity index (χ1n) is 6.41. The van der Waals surface area contributed by atoms with Crippen molar-refractivity contribution in [1.29, 1.82) is 0 Å². The van der Waals surface area contributed by atoms with E-state index in [9.17, 15) is 14.0 Å². The van der Waals surface area contributed by atoms with E-state index in [2.05, 4.69) is 0 Å². The van der Waals surface area contributed by atoms with Crippen LogP contribution in [0.2, 0.25) is 0 Å². The van der Waals surface area contributed by atoms with Crippen LogP contribution in [0.25, 0.3) is 0 Å². The molecule has 1 aromatic carbocycles. The molecule has 1 heterocycles. The first-order valence-corrected chi connectivity index (χ1v) is 6.41. The normalized spacial score (nSPS) is 17.1. The van der Waals surface area contributed by atoms with Crippen molar-refractivity contribution in [1.82, 2.24) is 0 Å². The van der Waals surface area contributed by atoms with Crippen LogP contribution >= 0.6 is 0 Å². The van der Waals surface area contributed by atoms with Crippen molar-refractivity contribution in [2.75, 3.05) is 4.90 Å². The number of benzene rings is 1. The molecule has 4 nitrogen and oxygen atoms in total. The molecule has 0 radical (unpaired) electrons. The van der Waals surface area contributed by atoms with Crippen LogP contribution in [0.1, 0.15) is 40.2 Å². The van der Waals surface area contributed by atoms with Gasteiger partial charge in [0.2, 0.25) is 5.91 Å². The minimum atomic E-state index is -0.875. The Balaban J connectivity index is 2.49. The maximum Gasteiger partial charge on any atom is 0.421 e. The predicted octanol–water partition coefficient (Wildman–Crippen LogP) is 3.39. The van der Waals surface area contributed by atoms with E-state index in [1.807, 2.05) is 0 Å². The molecular weight excluding hydrogens is 261 g/mol. The summed E-state index contributed by atoms with van der Waals surface area (Å²) in [7, 11) is 0. The zero-order valence-corrected chi connectivity index (χ0v) is 12.3. The van der Waals surface area contributed by atoms with Crippen LogP contribution in [0.4, 0.5) is 14.9 Å². The third-order valence-electron chi connectivity index (χ3n) is 3.19. The summed E-state index contributed by atoms with van der Waals surface area (Å²) in [5.74, 6) is -0.907. The lowest BCUT2D eigenvalue weighted by molar-refractivity contribution is -0.121. The molecule has 0 saturated heterocycles. The number of amides is 2. The van der Waals surface area contributed by atoms with Crippen molar-refractivity contribution in [3.63, 3.8) is 0 Å². The highest BCUT2D eigenvalue weighted by atomic mass is 19.1. The molecule has 20 heavy (non-hydrogen) atoms. The Labute approximate surface area is 117 Å². The average Bonchev–Trinajstić information content (AvgIpc) is 2.44. The van der Waals surface area contributed by atoms with Gasteiger partial charge in [0.05, 0.1) is 11.1 Å². The smallest absolute Gasteiger partial charge is 0.421 e. The van der Waals surface area contributed by atoms with E-state index in [-0.39, 0.29) is 5.69 Å². The van der Waals surface area contributed by atoms with Gasteiger partial charge in [-0.15, -0.1) is 0 Å². The van der Waals surface area contributed by atoms with Crippen LogP contribution in [-0.2, 0) is 14.9 Å². The van der Waals surface area contributed by atoms with E-state index in [4.69, 9.17) is 4.74 Å². The third kappa shape index (κ3) is 2.28. The predicted molar refractivity (Wildman–Crippen MR) is 73.1 cm³/mol. The molecule has 0 spiro atoms. The number of rotatable bonds is 0. The van der Waals surface area contributed by atoms with Gasteiger partial charge in [0.25, 0.3) is 0 Å². The maximum atomic E-state index is 13.4. The highest BCUT2D eigenvalue weighted by molar-refractivity contribution is 6.20. The van der Waals surface area contributed by atoms with Crippen molar-refractivity contribution in [3.8, 4) is 0 Å². The molecule has 0 fully saturated rings. The Morgan fingerprint density at radius 2 is 1.90 bits per heavy atom. The molecule has 0 aliphatic carbocycles. The quantitative estimate of drug-likeness (QED) is 0.731. The first kappa shape index (κ1) is 14.5. The number of fused-ring (bicyclic) bond motifs is 1. The van der Waals surface area contributed by atoms with Crippen LogP contribution in [-0.4, -0.2) is 17.6 Å². The van der Waals surface area contributed by atoms with Gasteiger partial charge in [0.15, 0.2) is 0 Å². The summed E-state index contributed by atoms with van der Waals surface area (Å²) in [5, 5.41) is 0. The molecule has 2 amide bonds. The first-order chi connectivity index (χ1) is 9.04. The molecule has 0 unspecified atom stereocenters. The minimum absolute atomic E-state index is 0.259. The topological polar surface area (TPSA) is 46.6 Å². The van der Waals surface area contributed by atoms with Crippen LogP contribution in [0.5, 0.6) is 0 Å². The van der Waals surface area contributed by atoms with Crippen molar-refractivity contribution >= 4 is 17.7 Å². The number of hydrogen-bond acceptors (Lipinski definition) is 3. The molecule has 0 aromatic heterocycles. The molecule has 1 aliphatic rings. The zero-order chi connectivity index (χ0) is 15.3. The van der Waals surface area contributed by atoms with Gasteiger partial charge in [-0.05, 0) is 52.3 Å². The second-order valence-corrected chi connectivity index (χ2v) is 6.41. The summed E-state index contributed by atoms with van der Waals surface area (Å²) in [5.41, 5.74) is -0.721. The fourth-order valence-electron chi connectivity index (χ4n) is 2.21. The Bertz CT molecular complexity index is 587. The number of carbonyl (C=O) groups excluding carboxylic acids is 2. The van der Waals surface area contributed by atoms with Gasteiger partial charge in [0.1, 0.15) is 11.4 Å². The highest BCUT2D eigenvalue weighted by Gasteiger charge is 2.48. The van der Waals surface area contributed by atoms with Crippen molar-refractivity contribution in [3.05, 3.63) is 29.6 Å². The van der Waals surface area contributed by atoms with Crippen molar-refractivity contribution in [2.24, 2.45) is 0 Å². The number of imide groups is 1. The van der Waals surface area contributed by atoms with Gasteiger partial charge in [-0.1, -0.05) is 6.07 Å². The van der Waals surface area contributed by atoms with Crippen molar-refractivity contribution in [2.45, 2.75) is 45.6 Å². The largest absolute Gasteiger partial charge is 0.443 e. The lowest BCUT2D eigenvalue weighted by Gasteiger charge is -2.24. The summed E-state index contributed by atoms with van der Waals surface area (Å²) in [6, 6.07) is 4.01. The second kappa shape index (κ2) is 4.30. The van der Waals surface area contributed by atoms with E-state index in [1.165, 1.54) is 18.2 Å². The Morgan fingerprint density at radius 1 is 1.30 bits per heavy atom. The van der Waals surface area contributed by atoms with Crippen LogP contribution in [0.3, 0.4) is 0 Å². The van der Waals surface area contributed by atoms with E-state index < -0.39 is 28.8 Å². The van der Waals surface area contributed by atoms with Gasteiger partial charge < -0.3 is 4.74 Å². The van der Waals surface area contributed by atoms with Crippen molar-refractivity contribution < 1.29 is 18.7 Å². The highest BCUT2D eigenvalue weighted by Crippen LogP contribution is 2.42. The number of carbonyl (C=O) groups is 2. The molecule has 0 N–H and O–H groups in total. The zero-order valence-electron chi connectivity index (χ0n) is 12.3. The van der Waals surface area contributed by atoms with Crippen LogP contribution in [0.15, 0.2) is 18.2 Å². The summed E-state index contributed by atoms with van der Waals surface area (Å²) in [6.45, 7) is 8.54. The summed E-state index contributed by atoms with van der Waals surface area (Å²) in [4.78, 5) is 25.5. The molecule has 0 atom stereocenters. The number of anilines is 1. The van der Waals surface area contributed by atoms with E-state index in [0.29, 0.717) is 5.56 Å². The summed E-state index contributed by atoms with van der Waals surface area (Å²) in [6.07, 6.45) is -0.778. The van der Waals surface area contributed by atoms with Gasteiger partial charge in [0, 0.05) is 0 Å². The minimum Gasteiger partial charge on any atom is -0.443 e. The number of hydrogen-bond donors (Lipinski definition) is 0. The van der Waals surface area contributed by atoms with Gasteiger partial charge >= 0.3 is 6.09 Å². The second-order valence-electron chi connectivity index (χ2n) is 6.41. The van der Waals surface area contributed by atoms with E-state index >= 15 is 0 Å². The molecule has 1 aromatic rings. The van der Waals surface area contributed by atoms with E-state index in [0.717, 1.165) is 4.90 Å². The Kier molecular flexibility index (Phi) is 3.11. The van der Waals surface area contributed by atoms with Crippen LogP contribution < -0.4 is 4.90 Å².